The Hall–Kier alpha value is -1.55. The van der Waals surface area contributed by atoms with E-state index >= 15 is 0 Å². The Kier molecular flexibility index (Phi) is 2.73. The van der Waals surface area contributed by atoms with Crippen molar-refractivity contribution in [2.24, 2.45) is 0 Å². The van der Waals surface area contributed by atoms with E-state index in [2.05, 4.69) is 9.88 Å². The van der Waals surface area contributed by atoms with Gasteiger partial charge in [-0.15, -0.1) is 0 Å². The molecule has 1 saturated heterocycles. The van der Waals surface area contributed by atoms with Gasteiger partial charge in [-0.2, -0.15) is 0 Å². The number of likely N-dealkylation sites (tertiary alicyclic amines) is 1. The smallest absolute Gasteiger partial charge is 0.256 e. The average Bonchev–Trinajstić information content (AvgIpc) is 2.95. The Bertz CT molecular complexity index is 563. The summed E-state index contributed by atoms with van der Waals surface area (Å²) in [5.41, 5.74) is 2.06. The van der Waals surface area contributed by atoms with Gasteiger partial charge in [-0.05, 0) is 32.0 Å². The van der Waals surface area contributed by atoms with Crippen LogP contribution in [0.5, 0.6) is 0 Å². The fourth-order valence-electron chi connectivity index (χ4n) is 2.50. The van der Waals surface area contributed by atoms with E-state index in [4.69, 9.17) is 0 Å². The van der Waals surface area contributed by atoms with E-state index in [1.165, 1.54) is 25.9 Å². The van der Waals surface area contributed by atoms with Crippen molar-refractivity contribution in [3.63, 3.8) is 0 Å². The van der Waals surface area contributed by atoms with Crippen LogP contribution < -0.4 is 5.56 Å². The third-order valence-electron chi connectivity index (χ3n) is 3.46. The van der Waals surface area contributed by atoms with E-state index in [1.54, 1.807) is 16.5 Å². The van der Waals surface area contributed by atoms with E-state index in [9.17, 15) is 4.79 Å². The second kappa shape index (κ2) is 4.37. The quantitative estimate of drug-likeness (QED) is 0.864. The highest BCUT2D eigenvalue weighted by Crippen LogP contribution is 2.09. The van der Waals surface area contributed by atoms with Gasteiger partial charge in [0.25, 0.3) is 5.56 Å². The summed E-state index contributed by atoms with van der Waals surface area (Å²) in [5.74, 6) is 0. The first kappa shape index (κ1) is 10.6. The number of imidazole rings is 1. The average molecular weight is 231 g/mol. The van der Waals surface area contributed by atoms with Crippen molar-refractivity contribution in [1.29, 1.82) is 0 Å². The van der Waals surface area contributed by atoms with E-state index in [-0.39, 0.29) is 5.56 Å². The molecule has 2 aromatic rings. The normalized spacial score (nSPS) is 16.9. The van der Waals surface area contributed by atoms with Crippen LogP contribution in [-0.4, -0.2) is 33.9 Å². The van der Waals surface area contributed by atoms with Gasteiger partial charge in [0.05, 0.1) is 0 Å². The number of rotatable bonds is 3. The summed E-state index contributed by atoms with van der Waals surface area (Å²) in [5, 5.41) is 0. The molecule has 0 aromatic carbocycles. The van der Waals surface area contributed by atoms with Crippen molar-refractivity contribution < 1.29 is 0 Å². The predicted octanol–water partition coefficient (Wildman–Crippen LogP) is 1.27. The molecule has 1 fully saturated rings. The zero-order chi connectivity index (χ0) is 11.7. The van der Waals surface area contributed by atoms with Crippen LogP contribution in [0.4, 0.5) is 0 Å². The lowest BCUT2D eigenvalue weighted by molar-refractivity contribution is 0.342. The van der Waals surface area contributed by atoms with Gasteiger partial charge in [-0.25, -0.2) is 0 Å². The molecular formula is C13H17N3O. The van der Waals surface area contributed by atoms with Crippen molar-refractivity contribution >= 4 is 5.65 Å². The summed E-state index contributed by atoms with van der Waals surface area (Å²) in [6, 6.07) is 5.31. The molecule has 17 heavy (non-hydrogen) atoms. The first-order chi connectivity index (χ1) is 8.33. The first-order valence-corrected chi connectivity index (χ1v) is 6.24. The third kappa shape index (κ3) is 2.13. The summed E-state index contributed by atoms with van der Waals surface area (Å²) in [6.45, 7) is 3.53. The lowest BCUT2D eigenvalue weighted by atomic mass is 10.3. The number of aromatic amines is 1. The van der Waals surface area contributed by atoms with Crippen LogP contribution in [0.3, 0.4) is 0 Å². The van der Waals surface area contributed by atoms with E-state index < -0.39 is 0 Å². The molecule has 4 heteroatoms. The Morgan fingerprint density at radius 1 is 1.24 bits per heavy atom. The monoisotopic (exact) mass is 231 g/mol. The molecule has 1 aliphatic rings. The minimum absolute atomic E-state index is 0.0335. The van der Waals surface area contributed by atoms with Gasteiger partial charge < -0.3 is 9.88 Å². The highest BCUT2D eigenvalue weighted by atomic mass is 16.1. The number of nitrogens with zero attached hydrogens (tertiary/aromatic N) is 2. The Morgan fingerprint density at radius 3 is 2.82 bits per heavy atom. The van der Waals surface area contributed by atoms with Crippen molar-refractivity contribution in [2.45, 2.75) is 19.3 Å². The van der Waals surface area contributed by atoms with Crippen LogP contribution in [-0.2, 0) is 6.42 Å². The number of hydrogen-bond donors (Lipinski definition) is 1. The summed E-state index contributed by atoms with van der Waals surface area (Å²) in [7, 11) is 0. The van der Waals surface area contributed by atoms with Gasteiger partial charge in [0, 0.05) is 30.9 Å². The minimum Gasteiger partial charge on any atom is -0.343 e. The third-order valence-corrected chi connectivity index (χ3v) is 3.46. The molecule has 0 amide bonds. The molecule has 1 aliphatic heterocycles. The Labute approximate surface area is 99.9 Å². The van der Waals surface area contributed by atoms with Crippen LogP contribution in [0.25, 0.3) is 5.65 Å². The molecule has 0 bridgehead atoms. The van der Waals surface area contributed by atoms with Gasteiger partial charge in [0.1, 0.15) is 5.65 Å². The zero-order valence-corrected chi connectivity index (χ0v) is 9.85. The fourth-order valence-corrected chi connectivity index (χ4v) is 2.50. The lowest BCUT2D eigenvalue weighted by Crippen LogP contribution is -2.22. The molecule has 90 valence electrons. The van der Waals surface area contributed by atoms with Crippen molar-refractivity contribution in [1.82, 2.24) is 14.3 Å². The molecule has 3 rings (SSSR count). The largest absolute Gasteiger partial charge is 0.343 e. The van der Waals surface area contributed by atoms with Crippen molar-refractivity contribution in [3.05, 3.63) is 40.4 Å². The molecule has 2 aromatic heterocycles. The topological polar surface area (TPSA) is 40.5 Å². The number of hydrogen-bond acceptors (Lipinski definition) is 2. The highest BCUT2D eigenvalue weighted by molar-refractivity contribution is 5.39. The van der Waals surface area contributed by atoms with Crippen LogP contribution in [0.1, 0.15) is 18.5 Å². The number of pyridine rings is 1. The maximum absolute atomic E-state index is 11.6. The van der Waals surface area contributed by atoms with Gasteiger partial charge in [0.15, 0.2) is 0 Å². The first-order valence-electron chi connectivity index (χ1n) is 6.24. The molecule has 0 aliphatic carbocycles. The summed E-state index contributed by atoms with van der Waals surface area (Å²) in [6.07, 6.45) is 5.56. The van der Waals surface area contributed by atoms with E-state index in [0.29, 0.717) is 0 Å². The second-order valence-corrected chi connectivity index (χ2v) is 4.70. The van der Waals surface area contributed by atoms with E-state index in [0.717, 1.165) is 24.3 Å². The summed E-state index contributed by atoms with van der Waals surface area (Å²) >= 11 is 0. The molecular weight excluding hydrogens is 214 g/mol. The molecule has 3 heterocycles. The van der Waals surface area contributed by atoms with Crippen LogP contribution in [0.15, 0.2) is 29.2 Å². The number of H-pyrrole nitrogens is 1. The SMILES string of the molecule is O=c1cccc2[nH]c(CCN3CCCC3)cn12. The van der Waals surface area contributed by atoms with Gasteiger partial charge in [-0.3, -0.25) is 9.20 Å². The standard InChI is InChI=1S/C13H17N3O/c17-13-5-3-4-12-14-11(10-16(12)13)6-9-15-7-1-2-8-15/h3-5,10,14H,1-2,6-9H2. The Balaban J connectivity index is 1.76. The molecule has 0 spiro atoms. The minimum atomic E-state index is 0.0335. The lowest BCUT2D eigenvalue weighted by Gasteiger charge is -2.12. The molecule has 0 saturated carbocycles. The number of fused-ring (bicyclic) bond motifs is 1. The van der Waals surface area contributed by atoms with Gasteiger partial charge in [-0.1, -0.05) is 6.07 Å². The molecule has 0 radical (unpaired) electrons. The van der Waals surface area contributed by atoms with Crippen molar-refractivity contribution in [3.8, 4) is 0 Å². The van der Waals surface area contributed by atoms with Crippen LogP contribution >= 0.6 is 0 Å². The molecule has 1 N–H and O–H groups in total. The highest BCUT2D eigenvalue weighted by Gasteiger charge is 2.11. The Morgan fingerprint density at radius 2 is 2.06 bits per heavy atom. The van der Waals surface area contributed by atoms with Crippen LogP contribution in [0.2, 0.25) is 0 Å². The zero-order valence-electron chi connectivity index (χ0n) is 9.85. The maximum Gasteiger partial charge on any atom is 0.256 e. The van der Waals surface area contributed by atoms with E-state index in [1.807, 2.05) is 12.3 Å². The van der Waals surface area contributed by atoms with Crippen molar-refractivity contribution in [2.75, 3.05) is 19.6 Å². The maximum atomic E-state index is 11.6. The fraction of sp³-hybridized carbons (Fsp3) is 0.462. The second-order valence-electron chi connectivity index (χ2n) is 4.70. The van der Waals surface area contributed by atoms with Crippen LogP contribution in [0, 0.1) is 0 Å². The van der Waals surface area contributed by atoms with Gasteiger partial charge >= 0.3 is 0 Å². The summed E-state index contributed by atoms with van der Waals surface area (Å²) in [4.78, 5) is 17.4. The molecule has 0 atom stereocenters. The number of nitrogens with one attached hydrogen (secondary N) is 1. The molecule has 0 unspecified atom stereocenters. The summed E-state index contributed by atoms with van der Waals surface area (Å²) < 4.78 is 1.68. The predicted molar refractivity (Wildman–Crippen MR) is 67.4 cm³/mol. The molecule has 4 nitrogen and oxygen atoms in total. The van der Waals surface area contributed by atoms with Gasteiger partial charge in [0.2, 0.25) is 0 Å². The number of aromatic nitrogens is 2.